The first kappa shape index (κ1) is 15.0. The predicted molar refractivity (Wildman–Crippen MR) is 75.7 cm³/mol. The fourth-order valence-corrected chi connectivity index (χ4v) is 2.92. The van der Waals surface area contributed by atoms with E-state index < -0.39 is 17.4 Å². The van der Waals surface area contributed by atoms with Gasteiger partial charge in [-0.15, -0.1) is 0 Å². The molecule has 0 radical (unpaired) electrons. The molecule has 120 valence electrons. The van der Waals surface area contributed by atoms with Crippen LogP contribution in [0.15, 0.2) is 4.42 Å². The van der Waals surface area contributed by atoms with Crippen LogP contribution in [0.1, 0.15) is 53.7 Å². The summed E-state index contributed by atoms with van der Waals surface area (Å²) in [6.07, 6.45) is 2.48. The number of rotatable bonds is 5. The van der Waals surface area contributed by atoms with Crippen LogP contribution in [-0.2, 0) is 9.53 Å². The average Bonchev–Trinajstić information content (AvgIpc) is 3.20. The first-order chi connectivity index (χ1) is 10.4. The Labute approximate surface area is 128 Å². The minimum Gasteiger partial charge on any atom is -0.479 e. The Balaban J connectivity index is 1.83. The first-order valence-corrected chi connectivity index (χ1v) is 7.40. The second-order valence-electron chi connectivity index (χ2n) is 6.21. The van der Waals surface area contributed by atoms with Crippen molar-refractivity contribution in [2.24, 2.45) is 0 Å². The molecule has 1 N–H and O–H groups in total. The number of methoxy groups -OCH3 is 1. The number of nitrogens with zero attached hydrogens (tertiary/aromatic N) is 2. The Bertz CT molecular complexity index is 613. The highest BCUT2D eigenvalue weighted by Crippen LogP contribution is 2.42. The van der Waals surface area contributed by atoms with E-state index in [1.54, 1.807) is 14.0 Å². The van der Waals surface area contributed by atoms with Crippen LogP contribution in [-0.4, -0.2) is 52.7 Å². The van der Waals surface area contributed by atoms with E-state index in [0.717, 1.165) is 12.8 Å². The summed E-state index contributed by atoms with van der Waals surface area (Å²) in [7, 11) is 3.04. The van der Waals surface area contributed by atoms with E-state index in [0.29, 0.717) is 17.5 Å². The van der Waals surface area contributed by atoms with Crippen molar-refractivity contribution in [2.45, 2.75) is 50.2 Å². The highest BCUT2D eigenvalue weighted by Gasteiger charge is 2.56. The van der Waals surface area contributed by atoms with Crippen LogP contribution in [0, 0.1) is 6.92 Å². The summed E-state index contributed by atoms with van der Waals surface area (Å²) in [5.41, 5.74) is -0.710. The average molecular weight is 308 g/mol. The molecule has 2 saturated carbocycles. The van der Waals surface area contributed by atoms with Crippen molar-refractivity contribution in [3.8, 4) is 0 Å². The molecule has 7 heteroatoms. The van der Waals surface area contributed by atoms with Crippen molar-refractivity contribution < 1.29 is 23.8 Å². The van der Waals surface area contributed by atoms with Gasteiger partial charge in [0.1, 0.15) is 5.54 Å². The summed E-state index contributed by atoms with van der Waals surface area (Å²) in [6, 6.07) is 0. The Morgan fingerprint density at radius 2 is 2.05 bits per heavy atom. The van der Waals surface area contributed by atoms with Gasteiger partial charge in [0.05, 0.1) is 11.8 Å². The zero-order valence-corrected chi connectivity index (χ0v) is 13.0. The number of carbonyl (C=O) groups excluding carboxylic acids is 1. The molecule has 0 atom stereocenters. The molecule has 0 spiro atoms. The Hall–Kier alpha value is -1.89. The van der Waals surface area contributed by atoms with Crippen molar-refractivity contribution in [1.29, 1.82) is 0 Å². The van der Waals surface area contributed by atoms with Crippen LogP contribution in [0.5, 0.6) is 0 Å². The highest BCUT2D eigenvalue weighted by molar-refractivity contribution is 5.96. The number of aromatic nitrogens is 1. The zero-order valence-electron chi connectivity index (χ0n) is 13.0. The van der Waals surface area contributed by atoms with Crippen molar-refractivity contribution in [3.63, 3.8) is 0 Å². The van der Waals surface area contributed by atoms with Gasteiger partial charge in [-0.25, -0.2) is 9.78 Å². The fourth-order valence-electron chi connectivity index (χ4n) is 2.92. The summed E-state index contributed by atoms with van der Waals surface area (Å²) in [5, 5.41) is 9.54. The summed E-state index contributed by atoms with van der Waals surface area (Å²) in [6.45, 7) is 1.71. The van der Waals surface area contributed by atoms with Crippen LogP contribution >= 0.6 is 0 Å². The molecular formula is C15H20N2O5. The van der Waals surface area contributed by atoms with E-state index in [1.807, 2.05) is 0 Å². The smallest absolute Gasteiger partial charge is 0.329 e. The standard InChI is InChI=1S/C15H20N2O5/c1-8-11(22-12(16-8)9-4-5-9)13(18)17(2)15(14(19)20)6-10(7-15)21-3/h9-10H,4-7H2,1-3H3,(H,19,20). The molecule has 1 amide bonds. The number of aliphatic carboxylic acids is 1. The number of hydrogen-bond acceptors (Lipinski definition) is 5. The summed E-state index contributed by atoms with van der Waals surface area (Å²) in [4.78, 5) is 29.9. The number of hydrogen-bond donors (Lipinski definition) is 1. The maximum absolute atomic E-state index is 12.6. The van der Waals surface area contributed by atoms with E-state index >= 15 is 0 Å². The molecule has 0 aromatic carbocycles. The Morgan fingerprint density at radius 3 is 2.55 bits per heavy atom. The molecular weight excluding hydrogens is 288 g/mol. The zero-order chi connectivity index (χ0) is 16.1. The minimum atomic E-state index is -1.23. The van der Waals surface area contributed by atoms with Gasteiger partial charge in [-0.3, -0.25) is 4.79 Å². The van der Waals surface area contributed by atoms with Crippen molar-refractivity contribution in [3.05, 3.63) is 17.3 Å². The molecule has 0 unspecified atom stereocenters. The molecule has 2 aliphatic carbocycles. The van der Waals surface area contributed by atoms with Crippen molar-refractivity contribution in [1.82, 2.24) is 9.88 Å². The van der Waals surface area contributed by atoms with Gasteiger partial charge >= 0.3 is 5.97 Å². The topological polar surface area (TPSA) is 92.9 Å². The first-order valence-electron chi connectivity index (χ1n) is 7.40. The molecule has 2 aliphatic rings. The van der Waals surface area contributed by atoms with E-state index in [9.17, 15) is 14.7 Å². The Morgan fingerprint density at radius 1 is 1.41 bits per heavy atom. The normalized spacial score (nSPS) is 27.3. The lowest BCUT2D eigenvalue weighted by molar-refractivity contribution is -0.165. The molecule has 22 heavy (non-hydrogen) atoms. The third-order valence-electron chi connectivity index (χ3n) is 4.74. The SMILES string of the molecule is COC1CC(C(=O)O)(N(C)C(=O)c2oc(C3CC3)nc2C)C1. The molecule has 1 heterocycles. The lowest BCUT2D eigenvalue weighted by atomic mass is 9.73. The second kappa shape index (κ2) is 5.08. The number of oxazole rings is 1. The van der Waals surface area contributed by atoms with E-state index in [4.69, 9.17) is 9.15 Å². The third-order valence-corrected chi connectivity index (χ3v) is 4.74. The van der Waals surface area contributed by atoms with Gasteiger partial charge in [-0.2, -0.15) is 0 Å². The fraction of sp³-hybridized carbons (Fsp3) is 0.667. The van der Waals surface area contributed by atoms with Gasteiger partial charge in [0.25, 0.3) is 5.91 Å². The summed E-state index contributed by atoms with van der Waals surface area (Å²) >= 11 is 0. The number of amides is 1. The lowest BCUT2D eigenvalue weighted by Gasteiger charge is -2.48. The van der Waals surface area contributed by atoms with Crippen LogP contribution in [0.25, 0.3) is 0 Å². The molecule has 0 aliphatic heterocycles. The lowest BCUT2D eigenvalue weighted by Crippen LogP contribution is -2.65. The molecule has 1 aromatic rings. The minimum absolute atomic E-state index is 0.135. The van der Waals surface area contributed by atoms with E-state index in [1.165, 1.54) is 11.9 Å². The summed E-state index contributed by atoms with van der Waals surface area (Å²) < 4.78 is 10.7. The maximum Gasteiger partial charge on any atom is 0.329 e. The second-order valence-corrected chi connectivity index (χ2v) is 6.21. The number of carbonyl (C=O) groups is 2. The van der Waals surface area contributed by atoms with Gasteiger partial charge in [0.2, 0.25) is 5.76 Å². The largest absolute Gasteiger partial charge is 0.479 e. The number of ether oxygens (including phenoxy) is 1. The highest BCUT2D eigenvalue weighted by atomic mass is 16.5. The predicted octanol–water partition coefficient (Wildman–Crippen LogP) is 1.56. The third kappa shape index (κ3) is 2.20. The number of likely N-dealkylation sites (N-methyl/N-ethyl adjacent to an activating group) is 1. The van der Waals surface area contributed by atoms with E-state index in [-0.39, 0.29) is 24.7 Å². The van der Waals surface area contributed by atoms with Gasteiger partial charge in [0.15, 0.2) is 5.89 Å². The monoisotopic (exact) mass is 308 g/mol. The molecule has 3 rings (SSSR count). The molecule has 1 aromatic heterocycles. The van der Waals surface area contributed by atoms with Gasteiger partial charge < -0.3 is 19.2 Å². The van der Waals surface area contributed by atoms with Gasteiger partial charge in [-0.05, 0) is 19.8 Å². The molecule has 7 nitrogen and oxygen atoms in total. The van der Waals surface area contributed by atoms with Crippen LogP contribution < -0.4 is 0 Å². The summed E-state index contributed by atoms with van der Waals surface area (Å²) in [5.74, 6) is -0.418. The van der Waals surface area contributed by atoms with Crippen molar-refractivity contribution >= 4 is 11.9 Å². The Kier molecular flexibility index (Phi) is 3.47. The number of aryl methyl sites for hydroxylation is 1. The van der Waals surface area contributed by atoms with Crippen LogP contribution in [0.3, 0.4) is 0 Å². The molecule has 0 bridgehead atoms. The molecule has 2 fully saturated rings. The van der Waals surface area contributed by atoms with Crippen LogP contribution in [0.2, 0.25) is 0 Å². The van der Waals surface area contributed by atoms with E-state index in [2.05, 4.69) is 4.98 Å². The van der Waals surface area contributed by atoms with Gasteiger partial charge in [0, 0.05) is 32.9 Å². The number of carboxylic acid groups (broad SMARTS) is 1. The van der Waals surface area contributed by atoms with Crippen LogP contribution in [0.4, 0.5) is 0 Å². The maximum atomic E-state index is 12.6. The van der Waals surface area contributed by atoms with Gasteiger partial charge in [-0.1, -0.05) is 0 Å². The quantitative estimate of drug-likeness (QED) is 0.887. The molecule has 0 saturated heterocycles. The van der Waals surface area contributed by atoms with Crippen molar-refractivity contribution in [2.75, 3.05) is 14.2 Å². The number of carboxylic acids is 1.